The van der Waals surface area contributed by atoms with Gasteiger partial charge >= 0.3 is 0 Å². The number of benzene rings is 1. The summed E-state index contributed by atoms with van der Waals surface area (Å²) in [5.41, 5.74) is -0.405. The van der Waals surface area contributed by atoms with Gasteiger partial charge in [-0.3, -0.25) is 9.69 Å². The van der Waals surface area contributed by atoms with Crippen molar-refractivity contribution in [3.8, 4) is 5.75 Å². The Kier molecular flexibility index (Phi) is 4.99. The molecule has 0 amide bonds. The molecule has 0 radical (unpaired) electrons. The molecule has 0 unspecified atom stereocenters. The molecule has 0 bridgehead atoms. The number of nitrogens with zero attached hydrogens (tertiary/aromatic N) is 1. The highest BCUT2D eigenvalue weighted by Crippen LogP contribution is 2.35. The zero-order valence-electron chi connectivity index (χ0n) is 13.1. The predicted octanol–water partition coefficient (Wildman–Crippen LogP) is 3.67. The van der Waals surface area contributed by atoms with Crippen LogP contribution in [0.15, 0.2) is 18.2 Å². The van der Waals surface area contributed by atoms with Crippen molar-refractivity contribution in [3.05, 3.63) is 29.6 Å². The summed E-state index contributed by atoms with van der Waals surface area (Å²) < 4.78 is 19.3. The lowest BCUT2D eigenvalue weighted by atomic mass is 9.81. The second-order valence-electron chi connectivity index (χ2n) is 6.02. The van der Waals surface area contributed by atoms with Crippen molar-refractivity contribution in [1.29, 1.82) is 0 Å². The number of carbonyl (C=O) groups excluding carboxylic acids is 1. The molecule has 116 valence electrons. The van der Waals surface area contributed by atoms with Crippen molar-refractivity contribution >= 4 is 5.78 Å². The van der Waals surface area contributed by atoms with E-state index in [2.05, 4.69) is 0 Å². The van der Waals surface area contributed by atoms with E-state index in [1.807, 2.05) is 19.0 Å². The molecule has 1 saturated carbocycles. The quantitative estimate of drug-likeness (QED) is 0.626. The predicted molar refractivity (Wildman–Crippen MR) is 81.4 cm³/mol. The van der Waals surface area contributed by atoms with E-state index in [9.17, 15) is 9.18 Å². The van der Waals surface area contributed by atoms with Crippen LogP contribution in [0.3, 0.4) is 0 Å². The number of Topliss-reactive ketones (excluding diaryl/α,β-unsaturated/α-hetero) is 1. The topological polar surface area (TPSA) is 29.5 Å². The Bertz CT molecular complexity index is 506. The highest BCUT2D eigenvalue weighted by atomic mass is 19.1. The van der Waals surface area contributed by atoms with Crippen LogP contribution in [0, 0.1) is 5.82 Å². The summed E-state index contributed by atoms with van der Waals surface area (Å²) in [5, 5.41) is 0. The van der Waals surface area contributed by atoms with Crippen LogP contribution in [0.5, 0.6) is 5.75 Å². The number of ether oxygens (including phenoxy) is 1. The third-order valence-corrected chi connectivity index (χ3v) is 4.63. The SMILES string of the molecule is COc1ccc(C(=O)C2(N(C)C)CCCCCC2)c(F)c1. The van der Waals surface area contributed by atoms with E-state index >= 15 is 0 Å². The first-order valence-corrected chi connectivity index (χ1v) is 7.57. The molecule has 1 aromatic rings. The van der Waals surface area contributed by atoms with Crippen LogP contribution in [-0.4, -0.2) is 37.4 Å². The van der Waals surface area contributed by atoms with Crippen LogP contribution >= 0.6 is 0 Å². The highest BCUT2D eigenvalue weighted by Gasteiger charge is 2.41. The first kappa shape index (κ1) is 16.0. The van der Waals surface area contributed by atoms with Crippen LogP contribution in [0.4, 0.5) is 4.39 Å². The van der Waals surface area contributed by atoms with Crippen molar-refractivity contribution in [3.63, 3.8) is 0 Å². The first-order valence-electron chi connectivity index (χ1n) is 7.57. The molecular formula is C17H24FNO2. The minimum Gasteiger partial charge on any atom is -0.497 e. The number of ketones is 1. The maximum Gasteiger partial charge on any atom is 0.185 e. The summed E-state index contributed by atoms with van der Waals surface area (Å²) in [6, 6.07) is 4.48. The van der Waals surface area contributed by atoms with Crippen LogP contribution in [-0.2, 0) is 0 Å². The molecule has 0 aromatic heterocycles. The number of rotatable bonds is 4. The molecule has 2 rings (SSSR count). The maximum absolute atomic E-state index is 14.3. The zero-order valence-corrected chi connectivity index (χ0v) is 13.1. The Morgan fingerprint density at radius 1 is 1.19 bits per heavy atom. The van der Waals surface area contributed by atoms with E-state index in [0.717, 1.165) is 38.5 Å². The van der Waals surface area contributed by atoms with Gasteiger partial charge in [-0.05, 0) is 39.1 Å². The molecule has 1 fully saturated rings. The molecular weight excluding hydrogens is 269 g/mol. The van der Waals surface area contributed by atoms with E-state index in [-0.39, 0.29) is 11.3 Å². The Morgan fingerprint density at radius 3 is 2.29 bits per heavy atom. The van der Waals surface area contributed by atoms with Crippen molar-refractivity contribution < 1.29 is 13.9 Å². The average molecular weight is 293 g/mol. The smallest absolute Gasteiger partial charge is 0.185 e. The fraction of sp³-hybridized carbons (Fsp3) is 0.588. The maximum atomic E-state index is 14.3. The van der Waals surface area contributed by atoms with Gasteiger partial charge < -0.3 is 4.74 Å². The largest absolute Gasteiger partial charge is 0.497 e. The minimum atomic E-state index is -0.577. The lowest BCUT2D eigenvalue weighted by Gasteiger charge is -2.38. The molecule has 3 nitrogen and oxygen atoms in total. The zero-order chi connectivity index (χ0) is 15.5. The van der Waals surface area contributed by atoms with Crippen molar-refractivity contribution in [1.82, 2.24) is 4.90 Å². The highest BCUT2D eigenvalue weighted by molar-refractivity contribution is 6.03. The standard InChI is InChI=1S/C17H24FNO2/c1-19(2)17(10-6-4-5-7-11-17)16(20)14-9-8-13(21-3)12-15(14)18/h8-9,12H,4-7,10-11H2,1-3H3. The number of carbonyl (C=O) groups is 1. The Balaban J connectivity index is 2.38. The fourth-order valence-electron chi connectivity index (χ4n) is 3.25. The second kappa shape index (κ2) is 6.56. The number of hydrogen-bond donors (Lipinski definition) is 0. The minimum absolute atomic E-state index is 0.102. The fourth-order valence-corrected chi connectivity index (χ4v) is 3.25. The van der Waals surface area contributed by atoms with Crippen molar-refractivity contribution in [2.75, 3.05) is 21.2 Å². The molecule has 0 aliphatic heterocycles. The van der Waals surface area contributed by atoms with E-state index in [0.29, 0.717) is 5.75 Å². The van der Waals surface area contributed by atoms with Gasteiger partial charge in [-0.1, -0.05) is 25.7 Å². The summed E-state index contributed by atoms with van der Waals surface area (Å²) in [5.74, 6) is -0.164. The normalized spacial score (nSPS) is 18.3. The van der Waals surface area contributed by atoms with E-state index < -0.39 is 11.4 Å². The lowest BCUT2D eigenvalue weighted by molar-refractivity contribution is 0.0630. The monoisotopic (exact) mass is 293 g/mol. The van der Waals surface area contributed by atoms with Gasteiger partial charge in [0, 0.05) is 6.07 Å². The third kappa shape index (κ3) is 3.10. The molecule has 0 spiro atoms. The molecule has 0 atom stereocenters. The molecule has 0 N–H and O–H groups in total. The van der Waals surface area contributed by atoms with E-state index in [1.165, 1.54) is 13.2 Å². The van der Waals surface area contributed by atoms with Gasteiger partial charge in [0.15, 0.2) is 5.78 Å². The number of hydrogen-bond acceptors (Lipinski definition) is 3. The number of likely N-dealkylation sites (N-methyl/N-ethyl adjacent to an activating group) is 1. The van der Waals surface area contributed by atoms with Crippen molar-refractivity contribution in [2.24, 2.45) is 0 Å². The van der Waals surface area contributed by atoms with Gasteiger partial charge in [-0.25, -0.2) is 4.39 Å². The second-order valence-corrected chi connectivity index (χ2v) is 6.02. The van der Waals surface area contributed by atoms with Gasteiger partial charge in [0.2, 0.25) is 0 Å². The van der Waals surface area contributed by atoms with Gasteiger partial charge in [0.25, 0.3) is 0 Å². The van der Waals surface area contributed by atoms with E-state index in [4.69, 9.17) is 4.74 Å². The lowest BCUT2D eigenvalue weighted by Crippen LogP contribution is -2.51. The number of methoxy groups -OCH3 is 1. The summed E-state index contributed by atoms with van der Waals surface area (Å²) in [4.78, 5) is 15.0. The Labute approximate surface area is 126 Å². The first-order chi connectivity index (χ1) is 10.0. The van der Waals surface area contributed by atoms with Gasteiger partial charge in [0.1, 0.15) is 11.6 Å². The molecule has 4 heteroatoms. The average Bonchev–Trinajstić information content (AvgIpc) is 2.73. The summed E-state index contributed by atoms with van der Waals surface area (Å²) in [7, 11) is 5.33. The van der Waals surface area contributed by atoms with Gasteiger partial charge in [0.05, 0.1) is 18.2 Å². The van der Waals surface area contributed by atoms with Crippen molar-refractivity contribution in [2.45, 2.75) is 44.1 Å². The molecule has 1 aliphatic rings. The van der Waals surface area contributed by atoms with E-state index in [1.54, 1.807) is 12.1 Å². The van der Waals surface area contributed by atoms with Crippen LogP contribution in [0.1, 0.15) is 48.9 Å². The van der Waals surface area contributed by atoms with Gasteiger partial charge in [-0.2, -0.15) is 0 Å². The summed E-state index contributed by atoms with van der Waals surface area (Å²) in [6.07, 6.45) is 5.92. The van der Waals surface area contributed by atoms with Crippen LogP contribution < -0.4 is 4.74 Å². The Hall–Kier alpha value is -1.42. The molecule has 1 aliphatic carbocycles. The number of halogens is 1. The van der Waals surface area contributed by atoms with Crippen LogP contribution in [0.25, 0.3) is 0 Å². The summed E-state index contributed by atoms with van der Waals surface area (Å²) in [6.45, 7) is 0. The summed E-state index contributed by atoms with van der Waals surface area (Å²) >= 11 is 0. The molecule has 0 saturated heterocycles. The van der Waals surface area contributed by atoms with Crippen LogP contribution in [0.2, 0.25) is 0 Å². The Morgan fingerprint density at radius 2 is 1.81 bits per heavy atom. The molecule has 1 aromatic carbocycles. The van der Waals surface area contributed by atoms with Gasteiger partial charge in [-0.15, -0.1) is 0 Å². The molecule has 21 heavy (non-hydrogen) atoms. The molecule has 0 heterocycles. The third-order valence-electron chi connectivity index (χ3n) is 4.63.